The zero-order valence-corrected chi connectivity index (χ0v) is 16.3. The molecule has 5 nitrogen and oxygen atoms in total. The number of hydrogen-bond donors (Lipinski definition) is 2. The second kappa shape index (κ2) is 9.79. The molecule has 0 radical (unpaired) electrons. The molecule has 0 aliphatic carbocycles. The fraction of sp³-hybridized carbons (Fsp3) is 0.611. The minimum atomic E-state index is -0.449. The Labute approximate surface area is 150 Å². The lowest BCUT2D eigenvalue weighted by molar-refractivity contribution is 0.0490. The summed E-state index contributed by atoms with van der Waals surface area (Å²) in [7, 11) is 0. The number of carbonyl (C=O) groups is 1. The Balaban J connectivity index is 0.00000139. The molecular weight excluding hydrogens is 322 g/mol. The predicted molar refractivity (Wildman–Crippen MR) is 102 cm³/mol. The Morgan fingerprint density at radius 2 is 1.75 bits per heavy atom. The molecule has 24 heavy (non-hydrogen) atoms. The summed E-state index contributed by atoms with van der Waals surface area (Å²) in [6.45, 7) is 11.5. The van der Waals surface area contributed by atoms with Gasteiger partial charge < -0.3 is 15.8 Å². The van der Waals surface area contributed by atoms with Crippen molar-refractivity contribution in [1.29, 1.82) is 0 Å². The maximum atomic E-state index is 11.8. The summed E-state index contributed by atoms with van der Waals surface area (Å²) in [6.07, 6.45) is 1.54. The van der Waals surface area contributed by atoms with Crippen LogP contribution < -0.4 is 11.1 Å². The van der Waals surface area contributed by atoms with Crippen molar-refractivity contribution in [2.45, 2.75) is 64.0 Å². The van der Waals surface area contributed by atoms with Crippen LogP contribution in [0.25, 0.3) is 0 Å². The van der Waals surface area contributed by atoms with Crippen molar-refractivity contribution in [3.8, 4) is 0 Å². The Bertz CT molecular complexity index is 492. The van der Waals surface area contributed by atoms with Crippen LogP contribution in [0.3, 0.4) is 0 Å². The van der Waals surface area contributed by atoms with Gasteiger partial charge in [-0.1, -0.05) is 13.8 Å². The maximum Gasteiger partial charge on any atom is 0.407 e. The molecule has 0 atom stereocenters. The maximum absolute atomic E-state index is 11.8. The van der Waals surface area contributed by atoms with Gasteiger partial charge in [-0.3, -0.25) is 0 Å². The quantitative estimate of drug-likeness (QED) is 0.627. The van der Waals surface area contributed by atoms with E-state index >= 15 is 0 Å². The van der Waals surface area contributed by atoms with E-state index in [1.807, 2.05) is 58.9 Å². The van der Waals surface area contributed by atoms with E-state index in [2.05, 4.69) is 9.62 Å². The third-order valence-corrected chi connectivity index (χ3v) is 4.40. The van der Waals surface area contributed by atoms with E-state index in [-0.39, 0.29) is 12.1 Å². The first-order valence-electron chi connectivity index (χ1n) is 8.60. The number of alkyl carbamates (subject to hydrolysis) is 1. The van der Waals surface area contributed by atoms with Gasteiger partial charge in [-0.2, -0.15) is 0 Å². The number of nitrogens with zero attached hydrogens (tertiary/aromatic N) is 1. The molecule has 136 valence electrons. The van der Waals surface area contributed by atoms with Crippen LogP contribution in [-0.2, 0) is 4.74 Å². The van der Waals surface area contributed by atoms with E-state index in [0.717, 1.165) is 31.6 Å². The largest absolute Gasteiger partial charge is 0.444 e. The molecule has 1 saturated heterocycles. The van der Waals surface area contributed by atoms with Crippen molar-refractivity contribution in [2.75, 3.05) is 18.8 Å². The highest BCUT2D eigenvalue weighted by molar-refractivity contribution is 7.97. The van der Waals surface area contributed by atoms with Crippen molar-refractivity contribution in [1.82, 2.24) is 9.62 Å². The summed E-state index contributed by atoms with van der Waals surface area (Å²) in [5.74, 6) is 0. The molecule has 3 N–H and O–H groups in total. The first kappa shape index (κ1) is 20.6. The fourth-order valence-electron chi connectivity index (χ4n) is 2.24. The molecule has 6 heteroatoms. The van der Waals surface area contributed by atoms with Gasteiger partial charge in [0, 0.05) is 29.7 Å². The molecule has 1 amide bonds. The molecular formula is C18H31N3O2S. The Morgan fingerprint density at radius 1 is 1.21 bits per heavy atom. The SMILES string of the molecule is CC.CC(C)(C)OC(=O)NC1CCN(Sc2ccc(N)cc2)CC1. The van der Waals surface area contributed by atoms with E-state index in [1.54, 1.807) is 11.9 Å². The van der Waals surface area contributed by atoms with Gasteiger partial charge >= 0.3 is 6.09 Å². The predicted octanol–water partition coefficient (Wildman–Crippen LogP) is 4.29. The number of amides is 1. The van der Waals surface area contributed by atoms with Crippen LogP contribution in [0.4, 0.5) is 10.5 Å². The van der Waals surface area contributed by atoms with Crippen LogP contribution in [0.2, 0.25) is 0 Å². The number of nitrogens with two attached hydrogens (primary N) is 1. The zero-order valence-electron chi connectivity index (χ0n) is 15.5. The second-order valence-corrected chi connectivity index (χ2v) is 7.68. The third-order valence-electron chi connectivity index (χ3n) is 3.29. The number of rotatable bonds is 3. The summed E-state index contributed by atoms with van der Waals surface area (Å²) in [4.78, 5) is 13.0. The molecule has 1 aromatic carbocycles. The summed E-state index contributed by atoms with van der Waals surface area (Å²) in [5.41, 5.74) is 6.03. The molecule has 0 aromatic heterocycles. The molecule has 0 spiro atoms. The molecule has 2 rings (SSSR count). The molecule has 0 saturated carbocycles. The van der Waals surface area contributed by atoms with E-state index < -0.39 is 5.60 Å². The molecule has 1 aliphatic heterocycles. The molecule has 1 aliphatic rings. The van der Waals surface area contributed by atoms with Crippen molar-refractivity contribution in [3.05, 3.63) is 24.3 Å². The van der Waals surface area contributed by atoms with Gasteiger partial charge in [0.15, 0.2) is 0 Å². The van der Waals surface area contributed by atoms with Crippen molar-refractivity contribution >= 4 is 23.7 Å². The molecule has 1 heterocycles. The Kier molecular flexibility index (Phi) is 8.42. The van der Waals surface area contributed by atoms with E-state index in [9.17, 15) is 4.79 Å². The topological polar surface area (TPSA) is 67.6 Å². The summed E-state index contributed by atoms with van der Waals surface area (Å²) >= 11 is 1.74. The molecule has 0 unspecified atom stereocenters. The number of carbonyl (C=O) groups excluding carboxylic acids is 1. The van der Waals surface area contributed by atoms with Crippen LogP contribution in [-0.4, -0.2) is 35.1 Å². The fourth-order valence-corrected chi connectivity index (χ4v) is 3.19. The Hall–Kier alpha value is -1.40. The average Bonchev–Trinajstić information content (AvgIpc) is 2.52. The van der Waals surface area contributed by atoms with Gasteiger partial charge in [-0.25, -0.2) is 9.10 Å². The van der Waals surface area contributed by atoms with Crippen LogP contribution in [0.1, 0.15) is 47.5 Å². The molecule has 0 bridgehead atoms. The van der Waals surface area contributed by atoms with Crippen molar-refractivity contribution in [2.24, 2.45) is 0 Å². The van der Waals surface area contributed by atoms with Gasteiger partial charge in [-0.15, -0.1) is 0 Å². The first-order valence-corrected chi connectivity index (χ1v) is 9.37. The average molecular weight is 354 g/mol. The minimum absolute atomic E-state index is 0.193. The van der Waals surface area contributed by atoms with Gasteiger partial charge in [0.2, 0.25) is 0 Å². The smallest absolute Gasteiger partial charge is 0.407 e. The Morgan fingerprint density at radius 3 is 2.25 bits per heavy atom. The highest BCUT2D eigenvalue weighted by Crippen LogP contribution is 2.26. The van der Waals surface area contributed by atoms with E-state index in [0.29, 0.717) is 0 Å². The van der Waals surface area contributed by atoms with Crippen LogP contribution in [0.15, 0.2) is 29.2 Å². The normalized spacial score (nSPS) is 16.0. The number of hydrogen-bond acceptors (Lipinski definition) is 5. The number of anilines is 1. The third kappa shape index (κ3) is 7.93. The monoisotopic (exact) mass is 353 g/mol. The number of nitrogen functional groups attached to an aromatic ring is 1. The lowest BCUT2D eigenvalue weighted by Gasteiger charge is -2.31. The highest BCUT2D eigenvalue weighted by atomic mass is 32.2. The number of piperidine rings is 1. The number of ether oxygens (including phenoxy) is 1. The lowest BCUT2D eigenvalue weighted by atomic mass is 10.1. The standard InChI is InChI=1S/C16H25N3O2S.C2H6/c1-16(2,3)21-15(20)18-13-8-10-19(11-9-13)22-14-6-4-12(17)5-7-14;1-2/h4-7,13H,8-11,17H2,1-3H3,(H,18,20);1-2H3. The lowest BCUT2D eigenvalue weighted by Crippen LogP contribution is -2.44. The highest BCUT2D eigenvalue weighted by Gasteiger charge is 2.23. The van der Waals surface area contributed by atoms with E-state index in [4.69, 9.17) is 10.5 Å². The molecule has 1 aromatic rings. The second-order valence-electron chi connectivity index (χ2n) is 6.51. The van der Waals surface area contributed by atoms with Crippen molar-refractivity contribution < 1.29 is 9.53 Å². The minimum Gasteiger partial charge on any atom is -0.444 e. The van der Waals surface area contributed by atoms with Gasteiger partial charge in [0.25, 0.3) is 0 Å². The number of nitrogens with one attached hydrogen (secondary N) is 1. The number of benzene rings is 1. The van der Waals surface area contributed by atoms with Gasteiger partial charge in [0.1, 0.15) is 5.60 Å². The van der Waals surface area contributed by atoms with Crippen molar-refractivity contribution in [3.63, 3.8) is 0 Å². The zero-order chi connectivity index (χ0) is 18.2. The summed E-state index contributed by atoms with van der Waals surface area (Å²) in [6, 6.07) is 8.09. The van der Waals surface area contributed by atoms with E-state index in [1.165, 1.54) is 4.90 Å². The van der Waals surface area contributed by atoms with Crippen LogP contribution >= 0.6 is 11.9 Å². The molecule has 1 fully saturated rings. The summed E-state index contributed by atoms with van der Waals surface area (Å²) in [5, 5.41) is 2.95. The van der Waals surface area contributed by atoms with Gasteiger partial charge in [-0.05, 0) is 69.8 Å². The van der Waals surface area contributed by atoms with Crippen LogP contribution in [0, 0.1) is 0 Å². The van der Waals surface area contributed by atoms with Crippen LogP contribution in [0.5, 0.6) is 0 Å². The first-order chi connectivity index (χ1) is 11.3. The van der Waals surface area contributed by atoms with Gasteiger partial charge in [0.05, 0.1) is 0 Å². The summed E-state index contributed by atoms with van der Waals surface area (Å²) < 4.78 is 7.61.